The van der Waals surface area contributed by atoms with Gasteiger partial charge in [-0.15, -0.1) is 0 Å². The normalized spacial score (nSPS) is 6.00. The second kappa shape index (κ2) is 12.9. The van der Waals surface area contributed by atoms with E-state index in [0.29, 0.717) is 0 Å². The average molecular weight is 394 g/mol. The van der Waals surface area contributed by atoms with Crippen molar-refractivity contribution in [1.29, 1.82) is 0 Å². The van der Waals surface area contributed by atoms with E-state index in [1.807, 2.05) is 0 Å². The molecular weight excluding hydrogens is 381 g/mol. The fraction of sp³-hybridized carbons (Fsp3) is 0.500. The maximum absolute atomic E-state index is 4.80. The van der Waals surface area contributed by atoms with Crippen LogP contribution in [0, 0.1) is 0 Å². The molecule has 0 unspecified atom stereocenters. The molecule has 0 aromatic carbocycles. The van der Waals surface area contributed by atoms with Gasteiger partial charge < -0.3 is 20.9 Å². The van der Waals surface area contributed by atoms with Gasteiger partial charge in [0.1, 0.15) is 0 Å². The zero-order valence-electron chi connectivity index (χ0n) is 6.49. The average Bonchev–Trinajstić information content (AvgIpc) is 1.89. The summed E-state index contributed by atoms with van der Waals surface area (Å²) >= 11 is 8.50. The summed E-state index contributed by atoms with van der Waals surface area (Å²) in [4.78, 5) is 0. The van der Waals surface area contributed by atoms with Crippen LogP contribution in [-0.4, -0.2) is 50.8 Å². The minimum atomic E-state index is 0. The fourth-order valence-corrected chi connectivity index (χ4v) is 0. The predicted molar refractivity (Wildman–Crippen MR) is 57.5 cm³/mol. The molecule has 0 atom stereocenters. The number of ether oxygens (including phenoxy) is 2. The maximum atomic E-state index is 4.80. The second-order valence-corrected chi connectivity index (χ2v) is 1.85. The van der Waals surface area contributed by atoms with Gasteiger partial charge in [0.2, 0.25) is 0 Å². The van der Waals surface area contributed by atoms with Crippen LogP contribution in [0.1, 0.15) is 0 Å². The Morgan fingerprint density at radius 2 is 1.09 bits per heavy atom. The summed E-state index contributed by atoms with van der Waals surface area (Å²) in [5.41, 5.74) is 9.60. The van der Waals surface area contributed by atoms with E-state index in [1.165, 1.54) is 14.2 Å². The van der Waals surface area contributed by atoms with Crippen LogP contribution in [0.5, 0.6) is 0 Å². The fourth-order valence-electron chi connectivity index (χ4n) is 0. The van der Waals surface area contributed by atoms with Crippen LogP contribution >= 0.6 is 24.4 Å². The Hall–Kier alpha value is 0.263. The molecule has 0 aliphatic carbocycles. The molecule has 0 aliphatic heterocycles. The number of rotatable bonds is 0. The van der Waals surface area contributed by atoms with E-state index in [4.69, 9.17) is 11.5 Å². The monoisotopic (exact) mass is 394 g/mol. The van der Waals surface area contributed by atoms with Crippen molar-refractivity contribution in [3.05, 3.63) is 0 Å². The van der Waals surface area contributed by atoms with Crippen molar-refractivity contribution in [2.45, 2.75) is 0 Å². The Bertz CT molecular complexity index is 109. The van der Waals surface area contributed by atoms with E-state index in [9.17, 15) is 0 Å². The topological polar surface area (TPSA) is 70.5 Å². The molecule has 0 amide bonds. The van der Waals surface area contributed by atoms with Gasteiger partial charge >= 0.3 is 26.2 Å². The van der Waals surface area contributed by atoms with Crippen LogP contribution in [0.15, 0.2) is 0 Å². The Morgan fingerprint density at radius 3 is 1.09 bits per heavy atom. The zero-order valence-corrected chi connectivity index (χ0v) is 13.6. The van der Waals surface area contributed by atoms with Crippen molar-refractivity contribution in [3.8, 4) is 0 Å². The molecule has 4 N–H and O–H groups in total. The molecule has 0 radical (unpaired) electrons. The first kappa shape index (κ1) is 17.4. The van der Waals surface area contributed by atoms with Gasteiger partial charge in [0.05, 0.1) is 14.2 Å². The molecular formula is C4H13BiN2O2S2. The molecule has 0 bridgehead atoms. The molecule has 4 nitrogen and oxygen atoms in total. The first-order chi connectivity index (χ1) is 4.54. The summed E-state index contributed by atoms with van der Waals surface area (Å²) < 4.78 is 8.52. The van der Waals surface area contributed by atoms with Crippen molar-refractivity contribution in [1.82, 2.24) is 0 Å². The molecule has 0 saturated heterocycles. The van der Waals surface area contributed by atoms with E-state index >= 15 is 0 Å². The first-order valence-corrected chi connectivity index (χ1v) is 3.03. The number of thiocarbonyl (C=S) groups is 2. The van der Waals surface area contributed by atoms with Gasteiger partial charge in [-0.3, -0.25) is 0 Å². The van der Waals surface area contributed by atoms with Crippen LogP contribution in [0.3, 0.4) is 0 Å². The summed E-state index contributed by atoms with van der Waals surface area (Å²) in [5, 5.41) is 0.176. The molecule has 0 aliphatic rings. The van der Waals surface area contributed by atoms with Gasteiger partial charge in [-0.2, -0.15) is 0 Å². The molecule has 0 rings (SSSR count). The summed E-state index contributed by atoms with van der Waals surface area (Å²) in [5.74, 6) is 0. The van der Waals surface area contributed by atoms with Crippen molar-refractivity contribution < 1.29 is 9.47 Å². The van der Waals surface area contributed by atoms with Crippen LogP contribution in [0.2, 0.25) is 0 Å². The van der Waals surface area contributed by atoms with Gasteiger partial charge in [0.25, 0.3) is 10.3 Å². The number of hydrogen-bond donors (Lipinski definition) is 2. The molecule has 0 aromatic heterocycles. The van der Waals surface area contributed by atoms with Crippen LogP contribution in [0.4, 0.5) is 0 Å². The number of methoxy groups -OCH3 is 2. The van der Waals surface area contributed by atoms with E-state index in [-0.39, 0.29) is 36.6 Å². The molecule has 0 fully saturated rings. The Kier molecular flexibility index (Phi) is 20.4. The molecule has 0 aromatic rings. The molecule has 0 spiro atoms. The van der Waals surface area contributed by atoms with E-state index < -0.39 is 0 Å². The van der Waals surface area contributed by atoms with Gasteiger partial charge in [-0.25, -0.2) is 0 Å². The van der Waals surface area contributed by atoms with E-state index in [2.05, 4.69) is 33.9 Å². The van der Waals surface area contributed by atoms with Crippen molar-refractivity contribution in [2.24, 2.45) is 11.5 Å². The summed E-state index contributed by atoms with van der Waals surface area (Å²) in [6.45, 7) is 0. The van der Waals surface area contributed by atoms with Crippen LogP contribution < -0.4 is 11.5 Å². The summed E-state index contributed by atoms with van der Waals surface area (Å²) in [6.07, 6.45) is 0. The van der Waals surface area contributed by atoms with Crippen LogP contribution in [0.25, 0.3) is 0 Å². The van der Waals surface area contributed by atoms with Gasteiger partial charge in [-0.05, 0) is 24.4 Å². The van der Waals surface area contributed by atoms with Gasteiger partial charge in [0, 0.05) is 0 Å². The minimum absolute atomic E-state index is 0. The third-order valence-electron chi connectivity index (χ3n) is 0.402. The number of hydrogen-bond acceptors (Lipinski definition) is 4. The van der Waals surface area contributed by atoms with Crippen LogP contribution in [-0.2, 0) is 9.47 Å². The Labute approximate surface area is 95.7 Å². The standard InChI is InChI=1S/2C2H5NOS.Bi.3H/c2*1-4-2(3)5;;;;/h2*1H3,(H2,3,5);;;;. The van der Waals surface area contributed by atoms with Gasteiger partial charge in [0.15, 0.2) is 0 Å². The zero-order chi connectivity index (χ0) is 8.57. The Balaban J connectivity index is -0.000000107. The molecule has 7 heteroatoms. The first-order valence-electron chi connectivity index (χ1n) is 2.21. The summed E-state index contributed by atoms with van der Waals surface area (Å²) in [6, 6.07) is 0. The quantitative estimate of drug-likeness (QED) is 0.388. The summed E-state index contributed by atoms with van der Waals surface area (Å²) in [7, 11) is 2.87. The van der Waals surface area contributed by atoms with Crippen molar-refractivity contribution in [3.63, 3.8) is 0 Å². The third kappa shape index (κ3) is 38.6. The molecule has 11 heavy (non-hydrogen) atoms. The van der Waals surface area contributed by atoms with Crippen molar-refractivity contribution >= 4 is 61.0 Å². The molecule has 68 valence electrons. The SMILES string of the molecule is COC(N)=S.COC(N)=S.[BiH3]. The van der Waals surface area contributed by atoms with E-state index in [0.717, 1.165) is 0 Å². The van der Waals surface area contributed by atoms with Gasteiger partial charge in [-0.1, -0.05) is 0 Å². The molecule has 0 saturated carbocycles. The van der Waals surface area contributed by atoms with Crippen molar-refractivity contribution in [2.75, 3.05) is 14.2 Å². The predicted octanol–water partition coefficient (Wildman–Crippen LogP) is -1.43. The molecule has 0 heterocycles. The second-order valence-electron chi connectivity index (χ2n) is 1.05. The third-order valence-corrected chi connectivity index (χ3v) is 0.736. The Morgan fingerprint density at radius 1 is 1.00 bits per heavy atom. The number of nitrogens with two attached hydrogens (primary N) is 2. The van der Waals surface area contributed by atoms with E-state index in [1.54, 1.807) is 0 Å².